The van der Waals surface area contributed by atoms with E-state index in [1.165, 1.54) is 4.90 Å². The van der Waals surface area contributed by atoms with Crippen LogP contribution in [0, 0.1) is 5.41 Å². The van der Waals surface area contributed by atoms with Crippen molar-refractivity contribution in [2.45, 2.75) is 25.8 Å². The van der Waals surface area contributed by atoms with Gasteiger partial charge in [-0.3, -0.25) is 9.59 Å². The fourth-order valence-electron chi connectivity index (χ4n) is 2.37. The summed E-state index contributed by atoms with van der Waals surface area (Å²) in [6.07, 6.45) is 1.70. The van der Waals surface area contributed by atoms with Gasteiger partial charge in [0, 0.05) is 18.1 Å². The zero-order chi connectivity index (χ0) is 14.0. The molecule has 0 aliphatic heterocycles. The van der Waals surface area contributed by atoms with Crippen LogP contribution in [0.15, 0.2) is 28.7 Å². The van der Waals surface area contributed by atoms with Crippen LogP contribution in [0.1, 0.15) is 24.8 Å². The fraction of sp³-hybridized carbons (Fsp3) is 0.429. The molecular weight excluding hydrogens is 310 g/mol. The second-order valence-corrected chi connectivity index (χ2v) is 5.85. The lowest BCUT2D eigenvalue weighted by molar-refractivity contribution is -0.167. The van der Waals surface area contributed by atoms with Gasteiger partial charge >= 0.3 is 5.97 Å². The monoisotopic (exact) mass is 325 g/mol. The van der Waals surface area contributed by atoms with Gasteiger partial charge in [0.05, 0.1) is 0 Å². The van der Waals surface area contributed by atoms with Crippen LogP contribution in [0.4, 0.5) is 0 Å². The summed E-state index contributed by atoms with van der Waals surface area (Å²) in [7, 11) is 1.66. The molecule has 1 amide bonds. The molecule has 19 heavy (non-hydrogen) atoms. The summed E-state index contributed by atoms with van der Waals surface area (Å²) in [6.45, 7) is 0.412. The molecule has 0 bridgehead atoms. The molecule has 1 aliphatic carbocycles. The van der Waals surface area contributed by atoms with Crippen LogP contribution in [0.2, 0.25) is 0 Å². The summed E-state index contributed by atoms with van der Waals surface area (Å²) in [5, 5.41) is 9.27. The zero-order valence-corrected chi connectivity index (χ0v) is 12.3. The highest BCUT2D eigenvalue weighted by atomic mass is 79.9. The number of halogens is 1. The van der Waals surface area contributed by atoms with Crippen molar-refractivity contribution in [3.05, 3.63) is 34.3 Å². The van der Waals surface area contributed by atoms with Gasteiger partial charge in [-0.25, -0.2) is 0 Å². The number of aliphatic carboxylic acids is 1. The van der Waals surface area contributed by atoms with Crippen LogP contribution >= 0.6 is 15.9 Å². The molecule has 1 aliphatic rings. The predicted octanol–water partition coefficient (Wildman–Crippen LogP) is 2.66. The van der Waals surface area contributed by atoms with Gasteiger partial charge in [-0.2, -0.15) is 0 Å². The molecule has 0 saturated heterocycles. The van der Waals surface area contributed by atoms with Gasteiger partial charge in [0.1, 0.15) is 5.41 Å². The van der Waals surface area contributed by atoms with Gasteiger partial charge in [0.15, 0.2) is 0 Å². The second-order valence-electron chi connectivity index (χ2n) is 4.99. The van der Waals surface area contributed by atoms with Crippen LogP contribution in [-0.2, 0) is 16.1 Å². The Morgan fingerprint density at radius 2 is 2.00 bits per heavy atom. The Bertz CT molecular complexity index is 511. The van der Waals surface area contributed by atoms with E-state index in [4.69, 9.17) is 0 Å². The number of amides is 1. The van der Waals surface area contributed by atoms with E-state index in [9.17, 15) is 14.7 Å². The molecule has 102 valence electrons. The van der Waals surface area contributed by atoms with Gasteiger partial charge in [0.25, 0.3) is 0 Å². The molecule has 2 rings (SSSR count). The van der Waals surface area contributed by atoms with E-state index in [-0.39, 0.29) is 5.91 Å². The van der Waals surface area contributed by atoms with E-state index in [1.807, 2.05) is 24.3 Å². The first-order chi connectivity index (χ1) is 8.97. The first-order valence-electron chi connectivity index (χ1n) is 6.20. The lowest BCUT2D eigenvalue weighted by Crippen LogP contribution is -2.51. The van der Waals surface area contributed by atoms with Crippen LogP contribution in [0.5, 0.6) is 0 Å². The minimum Gasteiger partial charge on any atom is -0.480 e. The molecule has 1 aromatic rings. The van der Waals surface area contributed by atoms with Gasteiger partial charge in [-0.1, -0.05) is 40.5 Å². The molecule has 0 radical (unpaired) electrons. The number of hydrogen-bond donors (Lipinski definition) is 1. The normalized spacial score (nSPS) is 16.5. The first-order valence-corrected chi connectivity index (χ1v) is 6.99. The molecule has 0 unspecified atom stereocenters. The van der Waals surface area contributed by atoms with Gasteiger partial charge in [0.2, 0.25) is 5.91 Å². The molecular formula is C14H16BrNO3. The zero-order valence-electron chi connectivity index (χ0n) is 10.7. The summed E-state index contributed by atoms with van der Waals surface area (Å²) >= 11 is 3.43. The summed E-state index contributed by atoms with van der Waals surface area (Å²) in [5.74, 6) is -1.29. The number of carboxylic acids is 1. The minimum absolute atomic E-state index is 0.290. The molecule has 1 N–H and O–H groups in total. The summed E-state index contributed by atoms with van der Waals surface area (Å²) in [5.41, 5.74) is -0.214. The van der Waals surface area contributed by atoms with Gasteiger partial charge in [-0.15, -0.1) is 0 Å². The Morgan fingerprint density at radius 3 is 2.47 bits per heavy atom. The number of benzene rings is 1. The maximum absolute atomic E-state index is 12.3. The Morgan fingerprint density at radius 1 is 1.37 bits per heavy atom. The quantitative estimate of drug-likeness (QED) is 0.866. The van der Waals surface area contributed by atoms with Crippen molar-refractivity contribution < 1.29 is 14.7 Å². The van der Waals surface area contributed by atoms with Crippen LogP contribution in [-0.4, -0.2) is 28.9 Å². The van der Waals surface area contributed by atoms with Gasteiger partial charge < -0.3 is 10.0 Å². The molecule has 1 aromatic carbocycles. The highest BCUT2D eigenvalue weighted by Crippen LogP contribution is 2.42. The fourth-order valence-corrected chi connectivity index (χ4v) is 2.78. The lowest BCUT2D eigenvalue weighted by atomic mass is 9.68. The van der Waals surface area contributed by atoms with Crippen LogP contribution in [0.25, 0.3) is 0 Å². The van der Waals surface area contributed by atoms with Crippen molar-refractivity contribution in [2.24, 2.45) is 5.41 Å². The summed E-state index contributed by atoms with van der Waals surface area (Å²) < 4.78 is 0.924. The standard InChI is InChI=1S/C14H16BrNO3/c1-16(9-10-5-2-3-6-11(10)15)12(17)14(13(18)19)7-4-8-14/h2-3,5-6H,4,7-9H2,1H3,(H,18,19). The van der Waals surface area contributed by atoms with Crippen molar-refractivity contribution >= 4 is 27.8 Å². The minimum atomic E-state index is -1.18. The molecule has 0 heterocycles. The third kappa shape index (κ3) is 2.52. The Labute approximate surface area is 120 Å². The molecule has 1 saturated carbocycles. The van der Waals surface area contributed by atoms with Crippen molar-refractivity contribution in [2.75, 3.05) is 7.05 Å². The van der Waals surface area contributed by atoms with Crippen molar-refractivity contribution in [3.8, 4) is 0 Å². The van der Waals surface area contributed by atoms with Crippen LogP contribution in [0.3, 0.4) is 0 Å². The smallest absolute Gasteiger partial charge is 0.319 e. The van der Waals surface area contributed by atoms with E-state index in [2.05, 4.69) is 15.9 Å². The lowest BCUT2D eigenvalue weighted by Gasteiger charge is -2.38. The Hall–Kier alpha value is -1.36. The number of carbonyl (C=O) groups is 2. The molecule has 0 aromatic heterocycles. The van der Waals surface area contributed by atoms with Crippen LogP contribution < -0.4 is 0 Å². The average Bonchev–Trinajstić information content (AvgIpc) is 2.30. The number of carbonyl (C=O) groups excluding carboxylic acids is 1. The van der Waals surface area contributed by atoms with Crippen molar-refractivity contribution in [1.82, 2.24) is 4.90 Å². The maximum Gasteiger partial charge on any atom is 0.319 e. The third-order valence-electron chi connectivity index (χ3n) is 3.74. The predicted molar refractivity (Wildman–Crippen MR) is 74.5 cm³/mol. The summed E-state index contributed by atoms with van der Waals surface area (Å²) in [6, 6.07) is 7.63. The maximum atomic E-state index is 12.3. The largest absolute Gasteiger partial charge is 0.480 e. The van der Waals surface area contributed by atoms with E-state index >= 15 is 0 Å². The van der Waals surface area contributed by atoms with E-state index in [0.29, 0.717) is 19.4 Å². The van der Waals surface area contributed by atoms with Crippen molar-refractivity contribution in [1.29, 1.82) is 0 Å². The average molecular weight is 326 g/mol. The van der Waals surface area contributed by atoms with Crippen molar-refractivity contribution in [3.63, 3.8) is 0 Å². The molecule has 1 fully saturated rings. The Kier molecular flexibility index (Phi) is 3.94. The number of hydrogen-bond acceptors (Lipinski definition) is 2. The molecule has 0 spiro atoms. The Balaban J connectivity index is 2.12. The van der Waals surface area contributed by atoms with Gasteiger partial charge in [-0.05, 0) is 24.5 Å². The number of rotatable bonds is 4. The SMILES string of the molecule is CN(Cc1ccccc1Br)C(=O)C1(C(=O)O)CCC1. The second kappa shape index (κ2) is 5.33. The molecule has 5 heteroatoms. The van der Waals surface area contributed by atoms with E-state index < -0.39 is 11.4 Å². The number of nitrogens with zero attached hydrogens (tertiary/aromatic N) is 1. The highest BCUT2D eigenvalue weighted by molar-refractivity contribution is 9.10. The third-order valence-corrected chi connectivity index (χ3v) is 4.51. The molecule has 4 nitrogen and oxygen atoms in total. The molecule has 0 atom stereocenters. The first kappa shape index (κ1) is 14.1. The topological polar surface area (TPSA) is 57.6 Å². The highest BCUT2D eigenvalue weighted by Gasteiger charge is 2.52. The number of carboxylic acid groups (broad SMARTS) is 1. The van der Waals surface area contributed by atoms with E-state index in [0.717, 1.165) is 16.5 Å². The summed E-state index contributed by atoms with van der Waals surface area (Å²) in [4.78, 5) is 25.2. The van der Waals surface area contributed by atoms with E-state index in [1.54, 1.807) is 7.05 Å².